The van der Waals surface area contributed by atoms with Crippen LogP contribution in [0.25, 0.3) is 0 Å². The first-order chi connectivity index (χ1) is 28.0. The van der Waals surface area contributed by atoms with Crippen LogP contribution < -0.4 is 0 Å². The van der Waals surface area contributed by atoms with E-state index in [1.165, 1.54) is 0 Å². The Morgan fingerprint density at radius 2 is 1.09 bits per heavy atom. The molecule has 58 heavy (non-hydrogen) atoms. The molecular weight excluding hydrogens is 756 g/mol. The minimum atomic E-state index is -1.77. The number of aliphatic hydroxyl groups excluding tert-OH is 7. The third-order valence-corrected chi connectivity index (χ3v) is 9.51. The van der Waals surface area contributed by atoms with Crippen molar-refractivity contribution in [1.82, 2.24) is 0 Å². The van der Waals surface area contributed by atoms with Gasteiger partial charge in [-0.15, -0.1) is 0 Å². The Morgan fingerprint density at radius 1 is 0.569 bits per heavy atom. The maximum Gasteiger partial charge on any atom is 0.306 e. The number of hydrogen-bond acceptors (Lipinski definition) is 15. The molecule has 15 nitrogen and oxygen atoms in total. The number of unbranched alkanes of at least 4 members (excludes halogenated alkanes) is 5. The Bertz CT molecular complexity index is 1250. The lowest BCUT2D eigenvalue weighted by Crippen LogP contribution is -2.61. The maximum atomic E-state index is 12.8. The highest BCUT2D eigenvalue weighted by molar-refractivity contribution is 5.70. The number of carbonyl (C=O) groups is 2. The zero-order valence-electron chi connectivity index (χ0n) is 34.2. The van der Waals surface area contributed by atoms with Crippen molar-refractivity contribution in [3.63, 3.8) is 0 Å². The standard InChI is InChI=1S/C43H70O15/c1-3-5-7-8-9-10-11-12-13-14-15-16-17-18-19-20-21-22-24-26-35(46)56-31(28-53-34(45)25-23-6-4-2)29-54-42-41(52)39(50)37(48)33(58-42)30-55-43-40(51)38(49)36(47)32(27-44)57-43/h5,7,9-10,12-13,15-16,18-19,31-33,36-44,47-52H,3-4,6,8,11,14,17,20-30H2,1-2H3/b7-5-,10-9-,13-12-,16-15-,19-18-. The number of rotatable bonds is 29. The van der Waals surface area contributed by atoms with Crippen LogP contribution in [-0.4, -0.2) is 142 Å². The number of ether oxygens (including phenoxy) is 6. The Balaban J connectivity index is 1.80. The summed E-state index contributed by atoms with van der Waals surface area (Å²) in [6.45, 7) is 2.19. The maximum absolute atomic E-state index is 12.8. The smallest absolute Gasteiger partial charge is 0.306 e. The molecular formula is C43H70O15. The lowest BCUT2D eigenvalue weighted by atomic mass is 9.98. The first kappa shape index (κ1) is 51.3. The average molecular weight is 827 g/mol. The molecule has 0 amide bonds. The van der Waals surface area contributed by atoms with Gasteiger partial charge in [-0.1, -0.05) is 93.9 Å². The van der Waals surface area contributed by atoms with Gasteiger partial charge in [-0.25, -0.2) is 0 Å². The fourth-order valence-corrected chi connectivity index (χ4v) is 6.00. The van der Waals surface area contributed by atoms with Crippen LogP contribution in [-0.2, 0) is 38.0 Å². The van der Waals surface area contributed by atoms with E-state index in [-0.39, 0.29) is 19.4 Å². The first-order valence-corrected chi connectivity index (χ1v) is 20.9. The predicted molar refractivity (Wildman–Crippen MR) is 215 cm³/mol. The van der Waals surface area contributed by atoms with Gasteiger partial charge in [0.15, 0.2) is 18.7 Å². The summed E-state index contributed by atoms with van der Waals surface area (Å²) in [5, 5.41) is 71.4. The van der Waals surface area contributed by atoms with Crippen LogP contribution in [0.15, 0.2) is 60.8 Å². The SMILES string of the molecule is CC/C=C\C/C=C\C/C=C\C/C=C\C/C=C\CCCCCC(=O)OC(COC(=O)CCCCC)COC1OC(COC2OC(CO)C(O)C(O)C2O)C(O)C(O)C1O. The average Bonchev–Trinajstić information content (AvgIpc) is 3.21. The van der Waals surface area contributed by atoms with Gasteiger partial charge in [0.05, 0.1) is 19.8 Å². The van der Waals surface area contributed by atoms with Crippen molar-refractivity contribution < 1.29 is 73.8 Å². The molecule has 0 radical (unpaired) electrons. The molecule has 11 unspecified atom stereocenters. The van der Waals surface area contributed by atoms with Crippen LogP contribution in [0.5, 0.6) is 0 Å². The number of esters is 2. The molecule has 15 heteroatoms. The third kappa shape index (κ3) is 20.4. The van der Waals surface area contributed by atoms with Gasteiger partial charge in [-0.3, -0.25) is 9.59 Å². The van der Waals surface area contributed by atoms with Crippen molar-refractivity contribution >= 4 is 11.9 Å². The second kappa shape index (κ2) is 31.1. The predicted octanol–water partition coefficient (Wildman–Crippen LogP) is 3.36. The molecule has 0 aliphatic carbocycles. The van der Waals surface area contributed by atoms with Gasteiger partial charge >= 0.3 is 11.9 Å². The summed E-state index contributed by atoms with van der Waals surface area (Å²) in [6, 6.07) is 0. The second-order valence-corrected chi connectivity index (χ2v) is 14.4. The third-order valence-electron chi connectivity index (χ3n) is 9.51. The van der Waals surface area contributed by atoms with Gasteiger partial charge in [0.25, 0.3) is 0 Å². The van der Waals surface area contributed by atoms with E-state index in [0.29, 0.717) is 12.8 Å². The van der Waals surface area contributed by atoms with Gasteiger partial charge in [0, 0.05) is 12.8 Å². The lowest BCUT2D eigenvalue weighted by molar-refractivity contribution is -0.332. The molecule has 0 aromatic heterocycles. The molecule has 2 fully saturated rings. The minimum Gasteiger partial charge on any atom is -0.462 e. The van der Waals surface area contributed by atoms with E-state index in [1.54, 1.807) is 0 Å². The van der Waals surface area contributed by atoms with Crippen LogP contribution in [0.4, 0.5) is 0 Å². The summed E-state index contributed by atoms with van der Waals surface area (Å²) in [4.78, 5) is 25.1. The van der Waals surface area contributed by atoms with Crippen molar-refractivity contribution in [3.8, 4) is 0 Å². The Morgan fingerprint density at radius 3 is 1.67 bits per heavy atom. The summed E-state index contributed by atoms with van der Waals surface area (Å²) in [5.41, 5.74) is 0. The highest BCUT2D eigenvalue weighted by atomic mass is 16.7. The molecule has 0 aromatic rings. The van der Waals surface area contributed by atoms with Crippen molar-refractivity contribution in [1.29, 1.82) is 0 Å². The van der Waals surface area contributed by atoms with Crippen molar-refractivity contribution in [2.24, 2.45) is 0 Å². The molecule has 2 saturated heterocycles. The minimum absolute atomic E-state index is 0.122. The van der Waals surface area contributed by atoms with Gasteiger partial charge in [0.1, 0.15) is 55.4 Å². The molecule has 0 spiro atoms. The number of allylic oxidation sites excluding steroid dienone is 10. The molecule has 2 aliphatic heterocycles. The summed E-state index contributed by atoms with van der Waals surface area (Å²) in [6.07, 6.45) is 15.2. The van der Waals surface area contributed by atoms with Crippen molar-refractivity contribution in [2.45, 2.75) is 171 Å². The fourth-order valence-electron chi connectivity index (χ4n) is 6.00. The largest absolute Gasteiger partial charge is 0.462 e. The highest BCUT2D eigenvalue weighted by Crippen LogP contribution is 2.26. The van der Waals surface area contributed by atoms with Crippen LogP contribution in [0.3, 0.4) is 0 Å². The Hall–Kier alpha value is -2.80. The highest BCUT2D eigenvalue weighted by Gasteiger charge is 2.47. The summed E-state index contributed by atoms with van der Waals surface area (Å²) < 4.78 is 33.0. The molecule has 0 bridgehead atoms. The lowest BCUT2D eigenvalue weighted by Gasteiger charge is -2.42. The summed E-state index contributed by atoms with van der Waals surface area (Å²) >= 11 is 0. The van der Waals surface area contributed by atoms with E-state index in [0.717, 1.165) is 64.2 Å². The molecule has 0 saturated carbocycles. The zero-order valence-corrected chi connectivity index (χ0v) is 34.2. The van der Waals surface area contributed by atoms with Crippen molar-refractivity contribution in [3.05, 3.63) is 60.8 Å². The molecule has 7 N–H and O–H groups in total. The second-order valence-electron chi connectivity index (χ2n) is 14.4. The molecule has 332 valence electrons. The first-order valence-electron chi connectivity index (χ1n) is 20.9. The topological polar surface area (TPSA) is 231 Å². The van der Waals surface area contributed by atoms with E-state index in [1.807, 2.05) is 6.92 Å². The molecule has 0 aromatic carbocycles. The van der Waals surface area contributed by atoms with Gasteiger partial charge in [-0.05, 0) is 57.8 Å². The van der Waals surface area contributed by atoms with Gasteiger partial charge in [0.2, 0.25) is 0 Å². The van der Waals surface area contributed by atoms with Crippen LogP contribution in [0.1, 0.15) is 104 Å². The Labute approximate surface area is 343 Å². The van der Waals surface area contributed by atoms with Crippen LogP contribution in [0, 0.1) is 0 Å². The van der Waals surface area contributed by atoms with Crippen LogP contribution >= 0.6 is 0 Å². The van der Waals surface area contributed by atoms with Gasteiger partial charge < -0.3 is 64.2 Å². The van der Waals surface area contributed by atoms with E-state index >= 15 is 0 Å². The Kier molecular flexibility index (Phi) is 27.6. The van der Waals surface area contributed by atoms with Crippen molar-refractivity contribution in [2.75, 3.05) is 26.4 Å². The summed E-state index contributed by atoms with van der Waals surface area (Å²) in [7, 11) is 0. The number of carbonyl (C=O) groups excluding carboxylic acids is 2. The van der Waals surface area contributed by atoms with E-state index in [4.69, 9.17) is 28.4 Å². The van der Waals surface area contributed by atoms with E-state index in [2.05, 4.69) is 67.7 Å². The monoisotopic (exact) mass is 826 g/mol. The molecule has 2 aliphatic rings. The molecule has 2 heterocycles. The quantitative estimate of drug-likeness (QED) is 0.0326. The zero-order chi connectivity index (χ0) is 42.5. The number of hydrogen-bond donors (Lipinski definition) is 7. The molecule has 2 rings (SSSR count). The van der Waals surface area contributed by atoms with Crippen LogP contribution in [0.2, 0.25) is 0 Å². The fraction of sp³-hybridized carbons (Fsp3) is 0.721. The number of aliphatic hydroxyl groups is 7. The molecule has 11 atom stereocenters. The van der Waals surface area contributed by atoms with Gasteiger partial charge in [-0.2, -0.15) is 0 Å². The summed E-state index contributed by atoms with van der Waals surface area (Å²) in [5.74, 6) is -1.00. The van der Waals surface area contributed by atoms with E-state index < -0.39 is 99.3 Å². The van der Waals surface area contributed by atoms with E-state index in [9.17, 15) is 45.3 Å². The normalized spacial score (nSPS) is 28.7.